The van der Waals surface area contributed by atoms with E-state index in [1.165, 1.54) is 23.6 Å². The molecule has 2 aliphatic rings. The van der Waals surface area contributed by atoms with Crippen LogP contribution in [-0.4, -0.2) is 69.2 Å². The highest BCUT2D eigenvalue weighted by Crippen LogP contribution is 2.29. The molecule has 53 heavy (non-hydrogen) atoms. The summed E-state index contributed by atoms with van der Waals surface area (Å²) in [6.07, 6.45) is 5.59. The second-order valence-corrected chi connectivity index (χ2v) is 13.2. The zero-order valence-corrected chi connectivity index (χ0v) is 30.4. The van der Waals surface area contributed by atoms with Crippen molar-refractivity contribution in [1.29, 1.82) is 5.26 Å². The number of aromatic amines is 2. The van der Waals surface area contributed by atoms with Crippen LogP contribution in [0.15, 0.2) is 72.8 Å². The van der Waals surface area contributed by atoms with Crippen molar-refractivity contribution >= 4 is 33.9 Å². The van der Waals surface area contributed by atoms with Gasteiger partial charge in [0.2, 0.25) is 5.88 Å². The number of fused-ring (bicyclic) bond motifs is 2. The van der Waals surface area contributed by atoms with E-state index in [0.717, 1.165) is 85.5 Å². The number of nitriles is 1. The minimum atomic E-state index is -0.457. The molecule has 0 unspecified atom stereocenters. The summed E-state index contributed by atoms with van der Waals surface area (Å²) in [6, 6.07) is 23.6. The lowest BCUT2D eigenvalue weighted by molar-refractivity contribution is -0.0375. The number of piperidine rings is 1. The number of imidazole rings is 1. The number of nitrogens with one attached hydrogen (secondary N) is 3. The molecule has 8 rings (SSSR count). The molecule has 0 amide bonds. The van der Waals surface area contributed by atoms with E-state index in [2.05, 4.69) is 55.3 Å². The third-order valence-corrected chi connectivity index (χ3v) is 9.58. The van der Waals surface area contributed by atoms with Gasteiger partial charge < -0.3 is 19.8 Å². The van der Waals surface area contributed by atoms with Crippen LogP contribution in [0.5, 0.6) is 5.88 Å². The molecule has 3 aromatic carbocycles. The first-order chi connectivity index (χ1) is 25.8. The molecule has 1 atom stereocenters. The Morgan fingerprint density at radius 1 is 1.06 bits per heavy atom. The Bertz CT molecular complexity index is 2180. The third-order valence-electron chi connectivity index (χ3n) is 9.58. The van der Waals surface area contributed by atoms with Gasteiger partial charge in [0.1, 0.15) is 24.5 Å². The highest BCUT2D eigenvalue weighted by Gasteiger charge is 2.23. The Morgan fingerprint density at radius 2 is 1.85 bits per heavy atom. The summed E-state index contributed by atoms with van der Waals surface area (Å²) >= 11 is 0. The van der Waals surface area contributed by atoms with Gasteiger partial charge in [-0.3, -0.25) is 14.8 Å². The summed E-state index contributed by atoms with van der Waals surface area (Å²) in [5, 5.41) is 20.5. The topological polar surface area (TPSA) is 145 Å². The lowest BCUT2D eigenvalue weighted by atomic mass is 9.93. The second-order valence-electron chi connectivity index (χ2n) is 13.2. The molecule has 12 heteroatoms. The monoisotopic (exact) mass is 716 g/mol. The van der Waals surface area contributed by atoms with Crippen molar-refractivity contribution in [2.45, 2.75) is 64.7 Å². The number of aryl methyl sites for hydroxylation is 1. The van der Waals surface area contributed by atoms with Gasteiger partial charge in [0.05, 0.1) is 40.8 Å². The van der Waals surface area contributed by atoms with Gasteiger partial charge in [0.15, 0.2) is 0 Å². The van der Waals surface area contributed by atoms with Crippen LogP contribution in [0.4, 0.5) is 10.1 Å². The van der Waals surface area contributed by atoms with Crippen molar-refractivity contribution in [3.8, 4) is 11.9 Å². The molecule has 2 saturated heterocycles. The average Bonchev–Trinajstić information content (AvgIpc) is 3.79. The molecule has 0 radical (unpaired) electrons. The predicted octanol–water partition coefficient (Wildman–Crippen LogP) is 7.70. The fraction of sp³-hybridized carbons (Fsp3) is 0.341. The number of pyridine rings is 1. The number of H-pyrrole nitrogens is 2. The van der Waals surface area contributed by atoms with Crippen LogP contribution < -0.4 is 10.1 Å². The number of hydrogen-bond donors (Lipinski definition) is 3. The van der Waals surface area contributed by atoms with Crippen LogP contribution in [0.3, 0.4) is 0 Å². The van der Waals surface area contributed by atoms with Gasteiger partial charge in [-0.2, -0.15) is 10.4 Å². The number of aldehydes is 1. The largest absolute Gasteiger partial charge is 0.473 e. The Balaban J connectivity index is 0.000000217. The Kier molecular flexibility index (Phi) is 12.4. The van der Waals surface area contributed by atoms with Gasteiger partial charge in [0, 0.05) is 59.2 Å². The van der Waals surface area contributed by atoms with Gasteiger partial charge in [-0.05, 0) is 100 Å². The minimum absolute atomic E-state index is 0.0539. The second kappa shape index (κ2) is 17.7. The molecule has 0 bridgehead atoms. The van der Waals surface area contributed by atoms with E-state index in [1.807, 2.05) is 49.5 Å². The van der Waals surface area contributed by atoms with Gasteiger partial charge in [-0.1, -0.05) is 19.1 Å². The number of benzene rings is 3. The molecule has 0 saturated carbocycles. The zero-order chi connectivity index (χ0) is 37.2. The van der Waals surface area contributed by atoms with Crippen LogP contribution in [0.1, 0.15) is 77.7 Å². The first-order valence-electron chi connectivity index (χ1n) is 18.1. The van der Waals surface area contributed by atoms with E-state index >= 15 is 0 Å². The normalized spacial score (nSPS) is 15.7. The maximum atomic E-state index is 14.1. The maximum Gasteiger partial charge on any atom is 0.213 e. The highest BCUT2D eigenvalue weighted by atomic mass is 19.1. The number of likely N-dealkylation sites (tertiary alicyclic amines) is 1. The van der Waals surface area contributed by atoms with E-state index < -0.39 is 5.82 Å². The van der Waals surface area contributed by atoms with Gasteiger partial charge >= 0.3 is 0 Å². The minimum Gasteiger partial charge on any atom is -0.473 e. The number of rotatable bonds is 9. The summed E-state index contributed by atoms with van der Waals surface area (Å²) in [5.41, 5.74) is 7.39. The van der Waals surface area contributed by atoms with E-state index in [4.69, 9.17) is 14.7 Å². The Labute approximate surface area is 308 Å². The smallest absolute Gasteiger partial charge is 0.213 e. The van der Waals surface area contributed by atoms with Crippen LogP contribution in [-0.2, 0) is 24.3 Å². The molecule has 274 valence electrons. The summed E-state index contributed by atoms with van der Waals surface area (Å²) in [6.45, 7) is 7.82. The first-order valence-corrected chi connectivity index (χ1v) is 18.1. The van der Waals surface area contributed by atoms with Crippen molar-refractivity contribution in [3.63, 3.8) is 0 Å². The molecule has 2 aliphatic heterocycles. The number of hydrogen-bond acceptors (Lipinski definition) is 9. The number of ether oxygens (including phenoxy) is 2. The quantitative estimate of drug-likeness (QED) is 0.128. The van der Waals surface area contributed by atoms with Crippen LogP contribution in [0.2, 0.25) is 0 Å². The third kappa shape index (κ3) is 9.62. The lowest BCUT2D eigenvalue weighted by Crippen LogP contribution is -2.33. The fourth-order valence-electron chi connectivity index (χ4n) is 6.29. The Morgan fingerprint density at radius 3 is 2.53 bits per heavy atom. The SMILES string of the molecule is CCc1[nH]nc2ccc(NC)cc12.C[C@@H]1CCO1.N#Cc1ccc(COc2cccc(C3CCN(Cc4nc5ccc(C=O)cc5[nH]4)CC3)n2)c(F)c1. The van der Waals surface area contributed by atoms with E-state index in [9.17, 15) is 9.18 Å². The molecule has 5 heterocycles. The first kappa shape index (κ1) is 37.1. The molecule has 0 spiro atoms. The fourth-order valence-corrected chi connectivity index (χ4v) is 6.29. The molecular formula is C41H45FN8O3. The van der Waals surface area contributed by atoms with Gasteiger partial charge in [-0.15, -0.1) is 0 Å². The molecule has 11 nitrogen and oxygen atoms in total. The molecule has 3 aromatic heterocycles. The molecule has 3 N–H and O–H groups in total. The van der Waals surface area contributed by atoms with Crippen molar-refractivity contribution in [2.75, 3.05) is 32.1 Å². The summed E-state index contributed by atoms with van der Waals surface area (Å²) in [7, 11) is 1.92. The number of carbonyl (C=O) groups excluding carboxylic acids is 1. The lowest BCUT2D eigenvalue weighted by Gasteiger charge is -2.31. The summed E-state index contributed by atoms with van der Waals surface area (Å²) < 4.78 is 24.8. The predicted molar refractivity (Wildman–Crippen MR) is 203 cm³/mol. The number of aromatic nitrogens is 5. The molecule has 6 aromatic rings. The van der Waals surface area contributed by atoms with Gasteiger partial charge in [0.25, 0.3) is 0 Å². The zero-order valence-electron chi connectivity index (χ0n) is 30.4. The molecule has 2 fully saturated rings. The van der Waals surface area contributed by atoms with E-state index in [0.29, 0.717) is 29.0 Å². The van der Waals surface area contributed by atoms with Gasteiger partial charge in [-0.25, -0.2) is 14.4 Å². The standard InChI is InChI=1S/C27H24FN5O2.C10H13N3.C4H8O/c28-22-12-18(14-29)4-6-21(22)17-35-27-3-1-2-23(32-27)20-8-10-33(11-9-20)15-26-30-24-7-5-19(16-34)13-25(24)31-26;1-3-9-8-6-7(11-2)4-5-10(8)13-12-9;1-4-2-3-5-4/h1-7,12-13,16,20H,8-11,15,17H2,(H,30,31);4-6,11H,3H2,1-2H3,(H,12,13);4H,2-3H2,1H3/t;;4-/m..1/s1. The van der Waals surface area contributed by atoms with Crippen molar-refractivity contribution in [1.82, 2.24) is 30.0 Å². The number of nitrogens with zero attached hydrogens (tertiary/aromatic N) is 5. The number of carbonyl (C=O) groups is 1. The summed E-state index contributed by atoms with van der Waals surface area (Å²) in [4.78, 5) is 26.0. The molecule has 0 aliphatic carbocycles. The van der Waals surface area contributed by atoms with Crippen molar-refractivity contribution < 1.29 is 18.7 Å². The van der Waals surface area contributed by atoms with Crippen LogP contribution in [0.25, 0.3) is 21.9 Å². The van der Waals surface area contributed by atoms with Crippen molar-refractivity contribution in [2.24, 2.45) is 0 Å². The highest BCUT2D eigenvalue weighted by molar-refractivity contribution is 5.85. The average molecular weight is 717 g/mol. The summed E-state index contributed by atoms with van der Waals surface area (Å²) in [5.74, 6) is 1.23. The number of halogens is 1. The van der Waals surface area contributed by atoms with E-state index in [1.54, 1.807) is 24.3 Å². The number of anilines is 1. The van der Waals surface area contributed by atoms with Crippen molar-refractivity contribution in [3.05, 3.63) is 113 Å². The molecular weight excluding hydrogens is 672 g/mol. The maximum absolute atomic E-state index is 14.1. The Hall–Kier alpha value is -5.64. The van der Waals surface area contributed by atoms with Crippen LogP contribution >= 0.6 is 0 Å². The van der Waals surface area contributed by atoms with Crippen LogP contribution in [0, 0.1) is 17.1 Å². The van der Waals surface area contributed by atoms with E-state index in [-0.39, 0.29) is 12.2 Å².